The van der Waals surface area contributed by atoms with Crippen molar-refractivity contribution in [3.8, 4) is 0 Å². The predicted octanol–water partition coefficient (Wildman–Crippen LogP) is 2.90. The Morgan fingerprint density at radius 3 is 2.41 bits per heavy atom. The standard InChI is InChI=1S/C22H18N4O5S/c1-31-20(29)15-12-32-21(23-15)25-18(27)17(14-10-6-3-7-11-14)26-19(28)16(24-22(26)30)13-8-4-2-5-9-13/h2-12,16-17H,1H3,(H,24,30)(H,23,25,27). The minimum Gasteiger partial charge on any atom is -0.464 e. The summed E-state index contributed by atoms with van der Waals surface area (Å²) < 4.78 is 4.62. The number of anilines is 1. The second kappa shape index (κ2) is 8.98. The molecule has 1 aliphatic rings. The van der Waals surface area contributed by atoms with Gasteiger partial charge >= 0.3 is 12.0 Å². The Morgan fingerprint density at radius 1 is 1.09 bits per heavy atom. The van der Waals surface area contributed by atoms with E-state index < -0.39 is 35.9 Å². The van der Waals surface area contributed by atoms with Crippen LogP contribution in [-0.4, -0.2) is 40.8 Å². The highest BCUT2D eigenvalue weighted by atomic mass is 32.1. The van der Waals surface area contributed by atoms with E-state index in [0.717, 1.165) is 16.2 Å². The van der Waals surface area contributed by atoms with E-state index in [2.05, 4.69) is 20.4 Å². The molecule has 32 heavy (non-hydrogen) atoms. The van der Waals surface area contributed by atoms with Gasteiger partial charge in [0.15, 0.2) is 10.8 Å². The van der Waals surface area contributed by atoms with Gasteiger partial charge in [0.1, 0.15) is 12.1 Å². The second-order valence-corrected chi connectivity index (χ2v) is 7.69. The lowest BCUT2D eigenvalue weighted by atomic mass is 10.0. The third-order valence-electron chi connectivity index (χ3n) is 4.85. The molecule has 0 bridgehead atoms. The van der Waals surface area contributed by atoms with Crippen LogP contribution in [0.3, 0.4) is 0 Å². The van der Waals surface area contributed by atoms with Crippen molar-refractivity contribution in [1.82, 2.24) is 15.2 Å². The number of benzene rings is 2. The van der Waals surface area contributed by atoms with Gasteiger partial charge in [0.25, 0.3) is 11.8 Å². The molecule has 2 heterocycles. The van der Waals surface area contributed by atoms with E-state index in [1.165, 1.54) is 12.5 Å². The summed E-state index contributed by atoms with van der Waals surface area (Å²) in [7, 11) is 1.23. The maximum atomic E-state index is 13.2. The first-order chi connectivity index (χ1) is 15.5. The smallest absolute Gasteiger partial charge is 0.357 e. The van der Waals surface area contributed by atoms with Crippen molar-refractivity contribution in [3.63, 3.8) is 0 Å². The molecule has 2 unspecified atom stereocenters. The zero-order valence-corrected chi connectivity index (χ0v) is 17.7. The topological polar surface area (TPSA) is 118 Å². The molecule has 2 N–H and O–H groups in total. The summed E-state index contributed by atoms with van der Waals surface area (Å²) in [5.74, 6) is -1.82. The molecule has 2 atom stereocenters. The van der Waals surface area contributed by atoms with Crippen LogP contribution >= 0.6 is 11.3 Å². The lowest BCUT2D eigenvalue weighted by Gasteiger charge is -2.24. The average molecular weight is 450 g/mol. The van der Waals surface area contributed by atoms with Gasteiger partial charge in [-0.25, -0.2) is 19.5 Å². The Labute approximate surface area is 187 Å². The van der Waals surface area contributed by atoms with Crippen LogP contribution in [-0.2, 0) is 14.3 Å². The molecule has 4 rings (SSSR count). The van der Waals surface area contributed by atoms with Crippen molar-refractivity contribution in [2.45, 2.75) is 12.1 Å². The zero-order chi connectivity index (χ0) is 22.7. The third kappa shape index (κ3) is 4.08. The number of aromatic nitrogens is 1. The normalized spacial score (nSPS) is 16.4. The van der Waals surface area contributed by atoms with Gasteiger partial charge in [-0.1, -0.05) is 60.7 Å². The van der Waals surface area contributed by atoms with E-state index in [9.17, 15) is 19.2 Å². The Kier molecular flexibility index (Phi) is 5.95. The van der Waals surface area contributed by atoms with E-state index >= 15 is 0 Å². The summed E-state index contributed by atoms with van der Waals surface area (Å²) in [6.45, 7) is 0. The molecular weight excluding hydrogens is 432 g/mol. The van der Waals surface area contributed by atoms with E-state index in [4.69, 9.17) is 0 Å². The number of imide groups is 1. The quantitative estimate of drug-likeness (QED) is 0.440. The Bertz CT molecular complexity index is 1170. The van der Waals surface area contributed by atoms with Crippen LogP contribution < -0.4 is 10.6 Å². The number of hydrogen-bond donors (Lipinski definition) is 2. The number of hydrogen-bond acceptors (Lipinski definition) is 7. The number of thiazole rings is 1. The maximum absolute atomic E-state index is 13.2. The Hall–Kier alpha value is -4.05. The summed E-state index contributed by atoms with van der Waals surface area (Å²) >= 11 is 1.03. The lowest BCUT2D eigenvalue weighted by molar-refractivity contribution is -0.134. The molecule has 1 aromatic heterocycles. The molecular formula is C22H18N4O5S. The summed E-state index contributed by atoms with van der Waals surface area (Å²) in [4.78, 5) is 55.9. The van der Waals surface area contributed by atoms with Crippen molar-refractivity contribution in [2.24, 2.45) is 0 Å². The Morgan fingerprint density at radius 2 is 1.75 bits per heavy atom. The van der Waals surface area contributed by atoms with Gasteiger partial charge in [0.2, 0.25) is 0 Å². The molecule has 0 spiro atoms. The van der Waals surface area contributed by atoms with Gasteiger partial charge in [0, 0.05) is 5.38 Å². The predicted molar refractivity (Wildman–Crippen MR) is 116 cm³/mol. The van der Waals surface area contributed by atoms with Crippen LogP contribution in [0.2, 0.25) is 0 Å². The molecule has 3 aromatic rings. The number of carbonyl (C=O) groups excluding carboxylic acids is 4. The maximum Gasteiger partial charge on any atom is 0.357 e. The second-order valence-electron chi connectivity index (χ2n) is 6.83. The van der Waals surface area contributed by atoms with Crippen LogP contribution in [0.1, 0.15) is 33.7 Å². The Balaban J connectivity index is 1.65. The number of nitrogens with zero attached hydrogens (tertiary/aromatic N) is 2. The van der Waals surface area contributed by atoms with Gasteiger partial charge in [-0.05, 0) is 11.1 Å². The number of carbonyl (C=O) groups is 4. The fourth-order valence-electron chi connectivity index (χ4n) is 3.37. The van der Waals surface area contributed by atoms with Crippen molar-refractivity contribution < 1.29 is 23.9 Å². The van der Waals surface area contributed by atoms with Gasteiger partial charge < -0.3 is 10.1 Å². The van der Waals surface area contributed by atoms with Crippen molar-refractivity contribution in [3.05, 3.63) is 82.9 Å². The van der Waals surface area contributed by atoms with Crippen LogP contribution in [0.25, 0.3) is 0 Å². The van der Waals surface area contributed by atoms with Gasteiger partial charge in [0.05, 0.1) is 7.11 Å². The zero-order valence-electron chi connectivity index (χ0n) is 16.8. The van der Waals surface area contributed by atoms with E-state index in [-0.39, 0.29) is 10.8 Å². The number of urea groups is 1. The van der Waals surface area contributed by atoms with E-state index in [0.29, 0.717) is 11.1 Å². The fourth-order valence-corrected chi connectivity index (χ4v) is 4.05. The van der Waals surface area contributed by atoms with Crippen LogP contribution in [0, 0.1) is 0 Å². The van der Waals surface area contributed by atoms with Gasteiger partial charge in [-0.15, -0.1) is 11.3 Å². The van der Waals surface area contributed by atoms with Crippen molar-refractivity contribution >= 4 is 40.3 Å². The first kappa shape index (κ1) is 21.2. The monoisotopic (exact) mass is 450 g/mol. The lowest BCUT2D eigenvalue weighted by Crippen LogP contribution is -2.41. The molecule has 1 aliphatic heterocycles. The third-order valence-corrected chi connectivity index (χ3v) is 5.61. The molecule has 162 valence electrons. The molecule has 9 nitrogen and oxygen atoms in total. The summed E-state index contributed by atoms with van der Waals surface area (Å²) in [5.41, 5.74) is 1.11. The molecule has 4 amide bonds. The van der Waals surface area contributed by atoms with Gasteiger partial charge in [-0.2, -0.15) is 0 Å². The first-order valence-electron chi connectivity index (χ1n) is 9.57. The number of ether oxygens (including phenoxy) is 1. The molecule has 0 saturated carbocycles. The molecule has 0 radical (unpaired) electrons. The van der Waals surface area contributed by atoms with E-state index in [1.807, 2.05) is 0 Å². The van der Waals surface area contributed by atoms with Crippen molar-refractivity contribution in [2.75, 3.05) is 12.4 Å². The SMILES string of the molecule is COC(=O)c1csc(NC(=O)C(c2ccccc2)N2C(=O)NC(c3ccccc3)C2=O)n1. The summed E-state index contributed by atoms with van der Waals surface area (Å²) in [6, 6.07) is 14.5. The number of esters is 1. The number of amides is 4. The number of methoxy groups -OCH3 is 1. The minimum absolute atomic E-state index is 0.0446. The van der Waals surface area contributed by atoms with Crippen LogP contribution in [0.15, 0.2) is 66.0 Å². The van der Waals surface area contributed by atoms with Crippen LogP contribution in [0.5, 0.6) is 0 Å². The molecule has 2 aromatic carbocycles. The molecule has 10 heteroatoms. The highest BCUT2D eigenvalue weighted by molar-refractivity contribution is 7.14. The largest absolute Gasteiger partial charge is 0.464 e. The average Bonchev–Trinajstić information content (AvgIpc) is 3.40. The number of nitrogens with one attached hydrogen (secondary N) is 2. The fraction of sp³-hybridized carbons (Fsp3) is 0.136. The minimum atomic E-state index is -1.23. The summed E-state index contributed by atoms with van der Waals surface area (Å²) in [5, 5.41) is 6.83. The van der Waals surface area contributed by atoms with E-state index in [1.54, 1.807) is 60.7 Å². The number of rotatable bonds is 6. The van der Waals surface area contributed by atoms with Crippen LogP contribution in [0.4, 0.5) is 9.93 Å². The molecule has 0 aliphatic carbocycles. The highest BCUT2D eigenvalue weighted by Crippen LogP contribution is 2.31. The molecule has 1 saturated heterocycles. The summed E-state index contributed by atoms with van der Waals surface area (Å²) in [6.07, 6.45) is 0. The molecule has 1 fully saturated rings. The van der Waals surface area contributed by atoms with Crippen molar-refractivity contribution in [1.29, 1.82) is 0 Å². The highest BCUT2D eigenvalue weighted by Gasteiger charge is 2.46. The first-order valence-corrected chi connectivity index (χ1v) is 10.5. The van der Waals surface area contributed by atoms with Gasteiger partial charge in [-0.3, -0.25) is 14.9 Å².